The van der Waals surface area contributed by atoms with E-state index in [-0.39, 0.29) is 18.8 Å². The number of nitrogens with zero attached hydrogens (tertiary/aromatic N) is 1. The minimum atomic E-state index is -1.13. The summed E-state index contributed by atoms with van der Waals surface area (Å²) >= 11 is 0. The van der Waals surface area contributed by atoms with Crippen LogP contribution in [-0.4, -0.2) is 22.8 Å². The third-order valence-corrected chi connectivity index (χ3v) is 1.65. The van der Waals surface area contributed by atoms with Crippen LogP contribution in [0.25, 0.3) is 0 Å². The summed E-state index contributed by atoms with van der Waals surface area (Å²) in [5.74, 6) is -1.92. The lowest BCUT2D eigenvalue weighted by Crippen LogP contribution is -2.32. The summed E-state index contributed by atoms with van der Waals surface area (Å²) in [7, 11) is 0. The van der Waals surface area contributed by atoms with Gasteiger partial charge in [0, 0.05) is 14.2 Å². The fourth-order valence-corrected chi connectivity index (χ4v) is 1.03. The molecule has 1 atom stereocenters. The smallest absolute Gasteiger partial charge is 0.330 e. The van der Waals surface area contributed by atoms with Gasteiger partial charge in [0.05, 0.1) is 6.42 Å². The maximum Gasteiger partial charge on any atom is 0.333 e. The summed E-state index contributed by atoms with van der Waals surface area (Å²) in [4.78, 5) is 38.1. The zero-order chi connectivity index (χ0) is 11.6. The molecule has 1 aliphatic rings. The first-order valence-electron chi connectivity index (χ1n) is 4.99. The molecular weight excluding hydrogens is 186 g/mol. The first-order valence-corrected chi connectivity index (χ1v) is 4.41. The van der Waals surface area contributed by atoms with Crippen molar-refractivity contribution in [3.05, 3.63) is 0 Å². The third kappa shape index (κ3) is 2.55. The van der Waals surface area contributed by atoms with E-state index in [9.17, 15) is 14.4 Å². The lowest BCUT2D eigenvalue weighted by Gasteiger charge is -2.13. The summed E-state index contributed by atoms with van der Waals surface area (Å²) in [6, 6.07) is 0. The first kappa shape index (κ1) is 9.18. The van der Waals surface area contributed by atoms with Crippen molar-refractivity contribution in [1.29, 1.82) is 0 Å². The van der Waals surface area contributed by atoms with Gasteiger partial charge >= 0.3 is 5.97 Å². The van der Waals surface area contributed by atoms with Crippen LogP contribution in [-0.2, 0) is 19.2 Å². The number of hydroxylamine groups is 2. The highest BCUT2D eigenvalue weighted by Gasteiger charge is 2.32. The molecule has 1 aliphatic heterocycles. The van der Waals surface area contributed by atoms with Crippen LogP contribution < -0.4 is 0 Å². The average molecular weight is 200 g/mol. The molecule has 1 unspecified atom stereocenters. The number of hydrogen-bond donors (Lipinski definition) is 0. The van der Waals surface area contributed by atoms with E-state index in [4.69, 9.17) is 1.37 Å². The maximum atomic E-state index is 11.2. The fourth-order valence-electron chi connectivity index (χ4n) is 1.03. The minimum absolute atomic E-state index is 0.0945. The summed E-state index contributed by atoms with van der Waals surface area (Å²) < 4.78 is 7.18. The van der Waals surface area contributed by atoms with E-state index in [1.807, 2.05) is 13.8 Å². The van der Waals surface area contributed by atoms with Crippen molar-refractivity contribution in [2.75, 3.05) is 0 Å². The van der Waals surface area contributed by atoms with E-state index >= 15 is 0 Å². The van der Waals surface area contributed by atoms with Crippen molar-refractivity contribution in [3.8, 4) is 0 Å². The van der Waals surface area contributed by atoms with E-state index < -0.39 is 24.2 Å². The molecule has 0 saturated carbocycles. The Labute approximate surface area is 83.4 Å². The molecule has 0 bridgehead atoms. The average Bonchev–Trinajstić information content (AvgIpc) is 2.31. The number of imide groups is 1. The quantitative estimate of drug-likeness (QED) is 0.627. The topological polar surface area (TPSA) is 63.7 Å². The van der Waals surface area contributed by atoms with Gasteiger partial charge < -0.3 is 4.84 Å². The van der Waals surface area contributed by atoms with E-state index in [1.54, 1.807) is 0 Å². The first-order chi connectivity index (χ1) is 6.91. The minimum Gasteiger partial charge on any atom is -0.330 e. The Kier molecular flexibility index (Phi) is 2.76. The lowest BCUT2D eigenvalue weighted by molar-refractivity contribution is -0.198. The molecule has 0 aromatic carbocycles. The Hall–Kier alpha value is -1.39. The predicted molar refractivity (Wildman–Crippen MR) is 46.6 cm³/mol. The van der Waals surface area contributed by atoms with Crippen LogP contribution in [0, 0.1) is 5.92 Å². The van der Waals surface area contributed by atoms with Crippen LogP contribution >= 0.6 is 0 Å². The van der Waals surface area contributed by atoms with Crippen molar-refractivity contribution in [3.63, 3.8) is 0 Å². The van der Waals surface area contributed by atoms with E-state index in [0.717, 1.165) is 0 Å². The van der Waals surface area contributed by atoms with Crippen molar-refractivity contribution in [2.45, 2.75) is 33.1 Å². The molecule has 0 radical (unpaired) electrons. The number of carbonyl (C=O) groups is 3. The molecule has 5 heteroatoms. The normalized spacial score (nSPS) is 22.9. The van der Waals surface area contributed by atoms with E-state index in [1.165, 1.54) is 0 Å². The Balaban J connectivity index is 2.55. The van der Waals surface area contributed by atoms with Crippen LogP contribution in [0.3, 0.4) is 0 Å². The van der Waals surface area contributed by atoms with Crippen LogP contribution in [0.2, 0.25) is 0 Å². The summed E-state index contributed by atoms with van der Waals surface area (Å²) in [5, 5.41) is 0.405. The molecule has 1 rings (SSSR count). The fraction of sp³-hybridized carbons (Fsp3) is 0.667. The highest BCUT2D eigenvalue weighted by atomic mass is 16.7. The second-order valence-electron chi connectivity index (χ2n) is 3.50. The molecule has 1 saturated heterocycles. The molecule has 0 aliphatic carbocycles. The van der Waals surface area contributed by atoms with Crippen LogP contribution in [0.4, 0.5) is 0 Å². The Morgan fingerprint density at radius 2 is 2.21 bits per heavy atom. The molecule has 0 spiro atoms. The highest BCUT2D eigenvalue weighted by Crippen LogP contribution is 2.13. The highest BCUT2D eigenvalue weighted by molar-refractivity contribution is 6.01. The monoisotopic (exact) mass is 200 g/mol. The van der Waals surface area contributed by atoms with Gasteiger partial charge in [0.2, 0.25) is 0 Å². The van der Waals surface area contributed by atoms with Gasteiger partial charge in [0.15, 0.2) is 0 Å². The van der Waals surface area contributed by atoms with Crippen molar-refractivity contribution >= 4 is 17.8 Å². The van der Waals surface area contributed by atoms with Gasteiger partial charge in [-0.2, -0.15) is 0 Å². The standard InChI is InChI=1S/C9H13NO4/c1-6(2)5-9(13)14-10-7(11)3-4-8(10)12/h6H,3-5H2,1-2H3/i3D. The van der Waals surface area contributed by atoms with Gasteiger partial charge in [0.1, 0.15) is 0 Å². The van der Waals surface area contributed by atoms with Crippen LogP contribution in [0.1, 0.15) is 34.5 Å². The summed E-state index contributed by atoms with van der Waals surface area (Å²) in [6.45, 7) is 3.64. The van der Waals surface area contributed by atoms with Gasteiger partial charge in [-0.25, -0.2) is 4.79 Å². The van der Waals surface area contributed by atoms with Gasteiger partial charge in [-0.3, -0.25) is 9.59 Å². The molecule has 1 fully saturated rings. The Bertz CT molecular complexity index is 302. The molecule has 0 aromatic rings. The van der Waals surface area contributed by atoms with E-state index in [0.29, 0.717) is 5.06 Å². The van der Waals surface area contributed by atoms with Gasteiger partial charge in [0.25, 0.3) is 11.8 Å². The van der Waals surface area contributed by atoms with Crippen molar-refractivity contribution in [1.82, 2.24) is 5.06 Å². The van der Waals surface area contributed by atoms with Gasteiger partial charge in [-0.1, -0.05) is 13.8 Å². The molecular formula is C9H13NO4. The zero-order valence-corrected chi connectivity index (χ0v) is 8.15. The van der Waals surface area contributed by atoms with E-state index in [2.05, 4.69) is 4.84 Å². The summed E-state index contributed by atoms with van der Waals surface area (Å²) in [6.07, 6.45) is -1.21. The van der Waals surface area contributed by atoms with Gasteiger partial charge in [-0.15, -0.1) is 5.06 Å². The Morgan fingerprint density at radius 1 is 1.57 bits per heavy atom. The van der Waals surface area contributed by atoms with Crippen molar-refractivity contribution in [2.24, 2.45) is 5.92 Å². The predicted octanol–water partition coefficient (Wildman–Crippen LogP) is 0.640. The largest absolute Gasteiger partial charge is 0.333 e. The molecule has 0 aromatic heterocycles. The number of amides is 2. The number of rotatable bonds is 3. The molecule has 1 heterocycles. The molecule has 14 heavy (non-hydrogen) atoms. The van der Waals surface area contributed by atoms with Gasteiger partial charge in [-0.05, 0) is 5.92 Å². The number of hydrogen-bond acceptors (Lipinski definition) is 4. The summed E-state index contributed by atoms with van der Waals surface area (Å²) in [5.41, 5.74) is 0. The van der Waals surface area contributed by atoms with Crippen LogP contribution in [0.15, 0.2) is 0 Å². The molecule has 5 nitrogen and oxygen atoms in total. The lowest BCUT2D eigenvalue weighted by atomic mass is 10.1. The SMILES string of the molecule is [2H]C1CC(=O)N(OC(=O)CC(C)C)C1=O. The maximum absolute atomic E-state index is 11.2. The second-order valence-corrected chi connectivity index (χ2v) is 3.50. The molecule has 78 valence electrons. The third-order valence-electron chi connectivity index (χ3n) is 1.65. The number of carbonyl (C=O) groups excluding carboxylic acids is 3. The Morgan fingerprint density at radius 3 is 2.64 bits per heavy atom. The zero-order valence-electron chi connectivity index (χ0n) is 9.15. The second kappa shape index (κ2) is 4.21. The molecule has 0 N–H and O–H groups in total. The molecule has 2 amide bonds. The van der Waals surface area contributed by atoms with Crippen molar-refractivity contribution < 1.29 is 20.6 Å². The van der Waals surface area contributed by atoms with Crippen LogP contribution in [0.5, 0.6) is 0 Å².